The lowest BCUT2D eigenvalue weighted by Crippen LogP contribution is -2.22. The first-order valence-electron chi connectivity index (χ1n) is 6.85. The van der Waals surface area contributed by atoms with Gasteiger partial charge in [0.05, 0.1) is 5.69 Å². The van der Waals surface area contributed by atoms with E-state index in [1.807, 2.05) is 24.6 Å². The van der Waals surface area contributed by atoms with E-state index in [-0.39, 0.29) is 6.04 Å². The average Bonchev–Trinajstić information content (AvgIpc) is 3.02. The smallest absolute Gasteiger partial charge is 0.194 e. The van der Waals surface area contributed by atoms with Crippen molar-refractivity contribution in [3.8, 4) is 0 Å². The van der Waals surface area contributed by atoms with Crippen LogP contribution in [0.25, 0.3) is 4.96 Å². The Hall–Kier alpha value is -1.44. The minimum atomic E-state index is 0.141. The molecule has 0 aliphatic heterocycles. The number of hydrogen-bond acceptors (Lipinski definition) is 6. The zero-order valence-electron chi connectivity index (χ0n) is 12.0. The largest absolute Gasteiger partial charge is 0.327 e. The van der Waals surface area contributed by atoms with Gasteiger partial charge in [0.1, 0.15) is 5.03 Å². The van der Waals surface area contributed by atoms with Crippen LogP contribution >= 0.6 is 23.1 Å². The number of nitrogens with two attached hydrogens (primary N) is 1. The fourth-order valence-electron chi connectivity index (χ4n) is 2.03. The lowest BCUT2D eigenvalue weighted by atomic mass is 10.1. The van der Waals surface area contributed by atoms with Gasteiger partial charge < -0.3 is 5.73 Å². The Bertz CT molecular complexity index is 749. The van der Waals surface area contributed by atoms with Crippen LogP contribution in [0.4, 0.5) is 0 Å². The molecule has 1 atom stereocenters. The van der Waals surface area contributed by atoms with Gasteiger partial charge in [0.15, 0.2) is 10.1 Å². The zero-order valence-corrected chi connectivity index (χ0v) is 13.6. The fourth-order valence-corrected chi connectivity index (χ4v) is 3.73. The van der Waals surface area contributed by atoms with Crippen molar-refractivity contribution in [2.24, 2.45) is 5.73 Å². The standard InChI is InChI=1S/C14H17N5S2/c1-3-10(15)8-11-12(18-14-19(11)6-7-20-14)21-13-16-5-4-9(2)17-13/h4-7,10H,3,8,15H2,1-2H3. The summed E-state index contributed by atoms with van der Waals surface area (Å²) in [5, 5.41) is 3.73. The summed E-state index contributed by atoms with van der Waals surface area (Å²) in [5.74, 6) is 0. The lowest BCUT2D eigenvalue weighted by molar-refractivity contribution is 0.627. The normalized spacial score (nSPS) is 12.9. The Morgan fingerprint density at radius 3 is 3.05 bits per heavy atom. The second kappa shape index (κ2) is 6.13. The Morgan fingerprint density at radius 1 is 1.43 bits per heavy atom. The van der Waals surface area contributed by atoms with Gasteiger partial charge in [-0.15, -0.1) is 11.3 Å². The molecule has 0 radical (unpaired) electrons. The Balaban J connectivity index is 1.97. The molecule has 0 bridgehead atoms. The molecule has 1 unspecified atom stereocenters. The molecule has 0 amide bonds. The topological polar surface area (TPSA) is 69.1 Å². The maximum absolute atomic E-state index is 6.13. The molecule has 3 heterocycles. The molecule has 0 saturated carbocycles. The van der Waals surface area contributed by atoms with Gasteiger partial charge in [-0.1, -0.05) is 6.92 Å². The van der Waals surface area contributed by atoms with Gasteiger partial charge in [0.2, 0.25) is 0 Å². The highest BCUT2D eigenvalue weighted by molar-refractivity contribution is 7.99. The number of aromatic nitrogens is 4. The molecule has 0 aliphatic carbocycles. The Kier molecular flexibility index (Phi) is 4.23. The van der Waals surface area contributed by atoms with Crippen molar-refractivity contribution in [1.82, 2.24) is 19.4 Å². The van der Waals surface area contributed by atoms with E-state index < -0.39 is 0 Å². The van der Waals surface area contributed by atoms with Gasteiger partial charge in [-0.3, -0.25) is 4.40 Å². The first-order valence-corrected chi connectivity index (χ1v) is 8.54. The van der Waals surface area contributed by atoms with E-state index in [9.17, 15) is 0 Å². The van der Waals surface area contributed by atoms with Crippen LogP contribution in [0.3, 0.4) is 0 Å². The highest BCUT2D eigenvalue weighted by Gasteiger charge is 2.17. The van der Waals surface area contributed by atoms with Crippen molar-refractivity contribution >= 4 is 28.1 Å². The van der Waals surface area contributed by atoms with Crippen molar-refractivity contribution in [3.05, 3.63) is 35.2 Å². The first-order chi connectivity index (χ1) is 10.2. The summed E-state index contributed by atoms with van der Waals surface area (Å²) in [6, 6.07) is 2.03. The van der Waals surface area contributed by atoms with Crippen LogP contribution in [-0.2, 0) is 6.42 Å². The van der Waals surface area contributed by atoms with E-state index in [2.05, 4.69) is 21.3 Å². The molecule has 0 aliphatic rings. The number of aryl methyl sites for hydroxylation is 1. The van der Waals surface area contributed by atoms with E-state index in [4.69, 9.17) is 10.7 Å². The van der Waals surface area contributed by atoms with Gasteiger partial charge in [-0.2, -0.15) is 0 Å². The Labute approximate surface area is 131 Å². The van der Waals surface area contributed by atoms with E-state index >= 15 is 0 Å². The van der Waals surface area contributed by atoms with Gasteiger partial charge in [0.25, 0.3) is 0 Å². The third-order valence-electron chi connectivity index (χ3n) is 3.26. The summed E-state index contributed by atoms with van der Waals surface area (Å²) in [6.45, 7) is 4.07. The number of nitrogens with zero attached hydrogens (tertiary/aromatic N) is 4. The highest BCUT2D eigenvalue weighted by atomic mass is 32.2. The third-order valence-corrected chi connectivity index (χ3v) is 4.92. The fraction of sp³-hybridized carbons (Fsp3) is 0.357. The van der Waals surface area contributed by atoms with Crippen LogP contribution in [0.1, 0.15) is 24.7 Å². The van der Waals surface area contributed by atoms with E-state index in [1.165, 1.54) is 11.8 Å². The first kappa shape index (κ1) is 14.5. The van der Waals surface area contributed by atoms with Gasteiger partial charge in [0, 0.05) is 35.9 Å². The van der Waals surface area contributed by atoms with Crippen LogP contribution < -0.4 is 5.73 Å². The molecule has 110 valence electrons. The van der Waals surface area contributed by atoms with Crippen molar-refractivity contribution in [2.75, 3.05) is 0 Å². The summed E-state index contributed by atoms with van der Waals surface area (Å²) >= 11 is 3.14. The van der Waals surface area contributed by atoms with Crippen LogP contribution in [0.2, 0.25) is 0 Å². The summed E-state index contributed by atoms with van der Waals surface area (Å²) in [6.07, 6.45) is 5.58. The minimum absolute atomic E-state index is 0.141. The van der Waals surface area contributed by atoms with Crippen molar-refractivity contribution in [1.29, 1.82) is 0 Å². The SMILES string of the molecule is CCC(N)Cc1c(Sc2nccc(C)n2)nc2sccn12. The highest BCUT2D eigenvalue weighted by Crippen LogP contribution is 2.30. The molecule has 0 aromatic carbocycles. The third kappa shape index (κ3) is 3.09. The van der Waals surface area contributed by atoms with E-state index in [0.29, 0.717) is 0 Å². The van der Waals surface area contributed by atoms with Gasteiger partial charge in [-0.05, 0) is 31.2 Å². The number of fused-ring (bicyclic) bond motifs is 1. The number of thiazole rings is 1. The monoisotopic (exact) mass is 319 g/mol. The van der Waals surface area contributed by atoms with Crippen LogP contribution in [0.15, 0.2) is 34.0 Å². The van der Waals surface area contributed by atoms with Crippen molar-refractivity contribution < 1.29 is 0 Å². The number of imidazole rings is 1. The molecule has 3 rings (SSSR count). The summed E-state index contributed by atoms with van der Waals surface area (Å²) in [4.78, 5) is 14.4. The maximum Gasteiger partial charge on any atom is 0.194 e. The van der Waals surface area contributed by atoms with Crippen molar-refractivity contribution in [3.63, 3.8) is 0 Å². The molecule has 21 heavy (non-hydrogen) atoms. The lowest BCUT2D eigenvalue weighted by Gasteiger charge is -2.09. The van der Waals surface area contributed by atoms with Gasteiger partial charge in [-0.25, -0.2) is 15.0 Å². The minimum Gasteiger partial charge on any atom is -0.327 e. The predicted molar refractivity (Wildman–Crippen MR) is 85.9 cm³/mol. The summed E-state index contributed by atoms with van der Waals surface area (Å²) < 4.78 is 2.12. The molecule has 0 saturated heterocycles. The maximum atomic E-state index is 6.13. The molecule has 2 N–H and O–H groups in total. The number of rotatable bonds is 5. The average molecular weight is 319 g/mol. The second-order valence-corrected chi connectivity index (χ2v) is 6.70. The molecule has 7 heteroatoms. The molecule has 3 aromatic heterocycles. The predicted octanol–water partition coefficient (Wildman–Crippen LogP) is 2.93. The van der Waals surface area contributed by atoms with Gasteiger partial charge >= 0.3 is 0 Å². The molecular weight excluding hydrogens is 302 g/mol. The molecule has 5 nitrogen and oxygen atoms in total. The molecule has 0 spiro atoms. The second-order valence-electron chi connectivity index (χ2n) is 4.87. The van der Waals surface area contributed by atoms with E-state index in [0.717, 1.165) is 39.4 Å². The quantitative estimate of drug-likeness (QED) is 0.732. The summed E-state index contributed by atoms with van der Waals surface area (Å²) in [7, 11) is 0. The van der Waals surface area contributed by atoms with Crippen molar-refractivity contribution in [2.45, 2.75) is 42.9 Å². The zero-order chi connectivity index (χ0) is 14.8. The molecule has 3 aromatic rings. The molecule has 0 fully saturated rings. The summed E-state index contributed by atoms with van der Waals surface area (Å²) in [5.41, 5.74) is 8.24. The molecular formula is C14H17N5S2. The van der Waals surface area contributed by atoms with E-state index in [1.54, 1.807) is 17.5 Å². The Morgan fingerprint density at radius 2 is 2.29 bits per heavy atom. The number of hydrogen-bond donors (Lipinski definition) is 1. The van der Waals surface area contributed by atoms with Crippen LogP contribution in [0.5, 0.6) is 0 Å². The van der Waals surface area contributed by atoms with Crippen LogP contribution in [-0.4, -0.2) is 25.4 Å². The van der Waals surface area contributed by atoms with Crippen LogP contribution in [0, 0.1) is 6.92 Å².